The molecule has 0 aliphatic rings. The van der Waals surface area contributed by atoms with Gasteiger partial charge in [0.2, 0.25) is 0 Å². The molecule has 4 nitrogen and oxygen atoms in total. The number of carbonyl (C=O) groups is 2. The number of esters is 2. The zero-order valence-electron chi connectivity index (χ0n) is 14.0. The maximum atomic E-state index is 11.7. The number of benzene rings is 1. The van der Waals surface area contributed by atoms with Crippen molar-refractivity contribution < 1.29 is 19.1 Å². The van der Waals surface area contributed by atoms with Crippen molar-refractivity contribution in [3.05, 3.63) is 54.1 Å². The highest BCUT2D eigenvalue weighted by atomic mass is 16.6. The largest absolute Gasteiger partial charge is 0.462 e. The second-order valence-corrected chi connectivity index (χ2v) is 5.67. The molecule has 0 aliphatic heterocycles. The van der Waals surface area contributed by atoms with Crippen molar-refractivity contribution in [1.82, 2.24) is 0 Å². The third-order valence-corrected chi connectivity index (χ3v) is 3.43. The first kappa shape index (κ1) is 18.7. The molecule has 0 bridgehead atoms. The van der Waals surface area contributed by atoms with E-state index in [9.17, 15) is 9.59 Å². The van der Waals surface area contributed by atoms with Crippen LogP contribution in [0.2, 0.25) is 0 Å². The van der Waals surface area contributed by atoms with Gasteiger partial charge in [0.1, 0.15) is 13.2 Å². The van der Waals surface area contributed by atoms with Crippen LogP contribution in [0.15, 0.2) is 48.6 Å². The summed E-state index contributed by atoms with van der Waals surface area (Å²) in [4.78, 5) is 23.2. The summed E-state index contributed by atoms with van der Waals surface area (Å²) in [7, 11) is 0. The molecular formula is C19H24O4. The average molecular weight is 316 g/mol. The Balaban J connectivity index is 2.23. The summed E-state index contributed by atoms with van der Waals surface area (Å²) in [6, 6.07) is 9.76. The van der Waals surface area contributed by atoms with Crippen molar-refractivity contribution in [3.63, 3.8) is 0 Å². The highest BCUT2D eigenvalue weighted by Crippen LogP contribution is 2.21. The van der Waals surface area contributed by atoms with Gasteiger partial charge >= 0.3 is 11.9 Å². The van der Waals surface area contributed by atoms with Crippen LogP contribution in [0.4, 0.5) is 0 Å². The minimum atomic E-state index is -0.508. The SMILES string of the molecule is CCC(C)(C)C(=O)OCCOC(=O)/C=C/C=C/c1ccccc1. The molecule has 0 aromatic heterocycles. The lowest BCUT2D eigenvalue weighted by Gasteiger charge is -2.20. The van der Waals surface area contributed by atoms with Crippen LogP contribution >= 0.6 is 0 Å². The van der Waals surface area contributed by atoms with Crippen molar-refractivity contribution in [2.45, 2.75) is 27.2 Å². The molecule has 0 unspecified atom stereocenters. The first-order chi connectivity index (χ1) is 11.0. The maximum Gasteiger partial charge on any atom is 0.330 e. The van der Waals surface area contributed by atoms with Crippen molar-refractivity contribution in [1.29, 1.82) is 0 Å². The second kappa shape index (κ2) is 9.62. The van der Waals surface area contributed by atoms with Gasteiger partial charge in [0.25, 0.3) is 0 Å². The standard InChI is InChI=1S/C19H24O4/c1-4-19(2,3)18(21)23-15-14-22-17(20)13-9-8-12-16-10-6-5-7-11-16/h5-13H,4,14-15H2,1-3H3/b12-8+,13-9+. The van der Waals surface area contributed by atoms with Gasteiger partial charge in [0.05, 0.1) is 5.41 Å². The molecule has 1 aromatic rings. The molecule has 124 valence electrons. The summed E-state index contributed by atoms with van der Waals surface area (Å²) in [5, 5.41) is 0. The first-order valence-corrected chi connectivity index (χ1v) is 7.69. The molecule has 0 radical (unpaired) electrons. The lowest BCUT2D eigenvalue weighted by molar-refractivity contribution is -0.157. The molecule has 0 saturated heterocycles. The van der Waals surface area contributed by atoms with E-state index >= 15 is 0 Å². The van der Waals surface area contributed by atoms with E-state index in [0.717, 1.165) is 5.56 Å². The summed E-state index contributed by atoms with van der Waals surface area (Å²) in [6.45, 7) is 5.69. The van der Waals surface area contributed by atoms with Gasteiger partial charge in [0, 0.05) is 6.08 Å². The van der Waals surface area contributed by atoms with Gasteiger partial charge in [-0.3, -0.25) is 4.79 Å². The van der Waals surface area contributed by atoms with Crippen LogP contribution in [-0.4, -0.2) is 25.2 Å². The summed E-state index contributed by atoms with van der Waals surface area (Å²) < 4.78 is 10.0. The van der Waals surface area contributed by atoms with Gasteiger partial charge in [0.15, 0.2) is 0 Å². The van der Waals surface area contributed by atoms with E-state index in [1.165, 1.54) is 6.08 Å². The quantitative estimate of drug-likeness (QED) is 0.317. The molecule has 0 heterocycles. The van der Waals surface area contributed by atoms with Crippen LogP contribution in [0.5, 0.6) is 0 Å². The number of ether oxygens (including phenoxy) is 2. The number of allylic oxidation sites excluding steroid dienone is 2. The van der Waals surface area contributed by atoms with Gasteiger partial charge in [-0.1, -0.05) is 55.5 Å². The Hall–Kier alpha value is -2.36. The van der Waals surface area contributed by atoms with E-state index in [0.29, 0.717) is 6.42 Å². The minimum absolute atomic E-state index is 0.0527. The smallest absolute Gasteiger partial charge is 0.330 e. The predicted octanol–water partition coefficient (Wildman–Crippen LogP) is 3.78. The van der Waals surface area contributed by atoms with Crippen LogP contribution in [0.3, 0.4) is 0 Å². The van der Waals surface area contributed by atoms with Crippen LogP contribution in [0.25, 0.3) is 6.08 Å². The lowest BCUT2D eigenvalue weighted by Crippen LogP contribution is -2.27. The second-order valence-electron chi connectivity index (χ2n) is 5.67. The highest BCUT2D eigenvalue weighted by molar-refractivity contribution is 5.82. The molecule has 1 aromatic carbocycles. The first-order valence-electron chi connectivity index (χ1n) is 7.69. The van der Waals surface area contributed by atoms with Crippen molar-refractivity contribution in [3.8, 4) is 0 Å². The molecule has 0 fully saturated rings. The van der Waals surface area contributed by atoms with E-state index < -0.39 is 11.4 Å². The monoisotopic (exact) mass is 316 g/mol. The van der Waals surface area contributed by atoms with E-state index in [4.69, 9.17) is 9.47 Å². The molecule has 23 heavy (non-hydrogen) atoms. The molecular weight excluding hydrogens is 292 g/mol. The molecule has 0 spiro atoms. The third kappa shape index (κ3) is 7.45. The Morgan fingerprint density at radius 1 is 1.04 bits per heavy atom. The summed E-state index contributed by atoms with van der Waals surface area (Å²) in [6.07, 6.45) is 7.29. The minimum Gasteiger partial charge on any atom is -0.462 e. The fraction of sp³-hybridized carbons (Fsp3) is 0.368. The Bertz CT molecular complexity index is 556. The van der Waals surface area contributed by atoms with Crippen LogP contribution < -0.4 is 0 Å². The van der Waals surface area contributed by atoms with Gasteiger partial charge in [-0.05, 0) is 25.8 Å². The Morgan fingerprint density at radius 3 is 2.35 bits per heavy atom. The number of hydrogen-bond acceptors (Lipinski definition) is 4. The molecule has 0 aliphatic carbocycles. The van der Waals surface area contributed by atoms with Crippen molar-refractivity contribution in [2.75, 3.05) is 13.2 Å². The van der Waals surface area contributed by atoms with Crippen molar-refractivity contribution in [2.24, 2.45) is 5.41 Å². The normalized spacial score (nSPS) is 11.8. The van der Waals surface area contributed by atoms with E-state index in [1.807, 2.05) is 57.2 Å². The molecule has 0 N–H and O–H groups in total. The number of hydrogen-bond donors (Lipinski definition) is 0. The summed E-state index contributed by atoms with van der Waals surface area (Å²) >= 11 is 0. The predicted molar refractivity (Wildman–Crippen MR) is 90.6 cm³/mol. The maximum absolute atomic E-state index is 11.7. The summed E-state index contributed by atoms with van der Waals surface area (Å²) in [5.74, 6) is -0.745. The van der Waals surface area contributed by atoms with Gasteiger partial charge in [-0.15, -0.1) is 0 Å². The molecule has 0 amide bonds. The summed E-state index contributed by atoms with van der Waals surface area (Å²) in [5.41, 5.74) is 0.544. The zero-order chi connectivity index (χ0) is 17.1. The average Bonchev–Trinajstić information content (AvgIpc) is 2.56. The third-order valence-electron chi connectivity index (χ3n) is 3.43. The van der Waals surface area contributed by atoms with Crippen LogP contribution in [0, 0.1) is 5.41 Å². The van der Waals surface area contributed by atoms with Gasteiger partial charge in [-0.25, -0.2) is 4.79 Å². The van der Waals surface area contributed by atoms with Gasteiger partial charge in [-0.2, -0.15) is 0 Å². The molecule has 4 heteroatoms. The molecule has 0 atom stereocenters. The Kier molecular flexibility index (Phi) is 7.81. The fourth-order valence-electron chi connectivity index (χ4n) is 1.53. The van der Waals surface area contributed by atoms with Crippen molar-refractivity contribution >= 4 is 18.0 Å². The van der Waals surface area contributed by atoms with Crippen LogP contribution in [0.1, 0.15) is 32.8 Å². The van der Waals surface area contributed by atoms with E-state index in [2.05, 4.69) is 0 Å². The zero-order valence-corrected chi connectivity index (χ0v) is 14.0. The highest BCUT2D eigenvalue weighted by Gasteiger charge is 2.26. The Labute approximate surface area is 137 Å². The fourth-order valence-corrected chi connectivity index (χ4v) is 1.53. The van der Waals surface area contributed by atoms with E-state index in [-0.39, 0.29) is 19.2 Å². The van der Waals surface area contributed by atoms with E-state index in [1.54, 1.807) is 12.2 Å². The molecule has 0 saturated carbocycles. The number of carbonyl (C=O) groups excluding carboxylic acids is 2. The molecule has 1 rings (SSSR count). The topological polar surface area (TPSA) is 52.6 Å². The van der Waals surface area contributed by atoms with Gasteiger partial charge < -0.3 is 9.47 Å². The van der Waals surface area contributed by atoms with Crippen LogP contribution in [-0.2, 0) is 19.1 Å². The Morgan fingerprint density at radius 2 is 1.70 bits per heavy atom. The lowest BCUT2D eigenvalue weighted by atomic mass is 9.91. The number of rotatable bonds is 8.